The Kier molecular flexibility index (Phi) is 3.15. The van der Waals surface area contributed by atoms with Crippen molar-refractivity contribution in [2.75, 3.05) is 6.54 Å². The third-order valence-electron chi connectivity index (χ3n) is 4.34. The monoisotopic (exact) mass is 239 g/mol. The molecule has 2 aliphatic carbocycles. The summed E-state index contributed by atoms with van der Waals surface area (Å²) in [6, 6.07) is 0. The second-order valence-corrected chi connectivity index (χ2v) is 6.01. The minimum atomic E-state index is -0.810. The van der Waals surface area contributed by atoms with Gasteiger partial charge in [-0.3, -0.25) is 9.59 Å². The summed E-state index contributed by atoms with van der Waals surface area (Å²) in [5, 5.41) is 11.8. The first kappa shape index (κ1) is 12.4. The van der Waals surface area contributed by atoms with Gasteiger partial charge in [0.1, 0.15) is 0 Å². The van der Waals surface area contributed by atoms with Crippen LogP contribution in [0.2, 0.25) is 0 Å². The molecule has 2 unspecified atom stereocenters. The smallest absolute Gasteiger partial charge is 0.309 e. The Morgan fingerprint density at radius 3 is 2.41 bits per heavy atom. The highest BCUT2D eigenvalue weighted by Gasteiger charge is 2.56. The fourth-order valence-corrected chi connectivity index (χ4v) is 2.93. The summed E-state index contributed by atoms with van der Waals surface area (Å²) in [6.45, 7) is 3.84. The highest BCUT2D eigenvalue weighted by Crippen LogP contribution is 2.57. The number of carbonyl (C=O) groups is 2. The Balaban J connectivity index is 1.69. The lowest BCUT2D eigenvalue weighted by molar-refractivity contribution is -0.147. The quantitative estimate of drug-likeness (QED) is 0.766. The van der Waals surface area contributed by atoms with Crippen molar-refractivity contribution in [3.63, 3.8) is 0 Å². The molecule has 96 valence electrons. The van der Waals surface area contributed by atoms with Crippen molar-refractivity contribution < 1.29 is 14.7 Å². The Hall–Kier alpha value is -1.06. The molecule has 2 saturated carbocycles. The molecule has 2 fully saturated rings. The number of carboxylic acid groups (broad SMARTS) is 1. The number of carboxylic acids is 1. The van der Waals surface area contributed by atoms with E-state index >= 15 is 0 Å². The average molecular weight is 239 g/mol. The van der Waals surface area contributed by atoms with E-state index in [1.165, 1.54) is 19.3 Å². The van der Waals surface area contributed by atoms with Gasteiger partial charge in [-0.1, -0.05) is 6.42 Å². The second kappa shape index (κ2) is 4.31. The van der Waals surface area contributed by atoms with Gasteiger partial charge in [-0.2, -0.15) is 0 Å². The Morgan fingerprint density at radius 2 is 1.88 bits per heavy atom. The van der Waals surface area contributed by atoms with Crippen LogP contribution in [0.25, 0.3) is 0 Å². The van der Waals surface area contributed by atoms with Crippen molar-refractivity contribution in [3.8, 4) is 0 Å². The van der Waals surface area contributed by atoms with E-state index in [9.17, 15) is 9.59 Å². The minimum Gasteiger partial charge on any atom is -0.481 e. The van der Waals surface area contributed by atoms with E-state index in [2.05, 4.69) is 5.32 Å². The van der Waals surface area contributed by atoms with Crippen LogP contribution in [0.1, 0.15) is 39.5 Å². The van der Waals surface area contributed by atoms with Crippen LogP contribution in [0.15, 0.2) is 0 Å². The highest BCUT2D eigenvalue weighted by atomic mass is 16.4. The van der Waals surface area contributed by atoms with Gasteiger partial charge in [0.15, 0.2) is 0 Å². The summed E-state index contributed by atoms with van der Waals surface area (Å²) in [7, 11) is 0. The van der Waals surface area contributed by atoms with E-state index in [1.807, 2.05) is 0 Å². The van der Waals surface area contributed by atoms with Crippen molar-refractivity contribution in [1.82, 2.24) is 5.32 Å². The SMILES string of the molecule is CC(C)(CCNC(=O)C1C2CCCC21)C(=O)O. The fraction of sp³-hybridized carbons (Fsp3) is 0.846. The first-order chi connectivity index (χ1) is 7.93. The Morgan fingerprint density at radius 1 is 1.29 bits per heavy atom. The van der Waals surface area contributed by atoms with Crippen LogP contribution >= 0.6 is 0 Å². The summed E-state index contributed by atoms with van der Waals surface area (Å²) < 4.78 is 0. The van der Waals surface area contributed by atoms with Gasteiger partial charge in [0.2, 0.25) is 5.91 Å². The number of rotatable bonds is 5. The normalized spacial score (nSPS) is 30.8. The van der Waals surface area contributed by atoms with Gasteiger partial charge < -0.3 is 10.4 Å². The number of fused-ring (bicyclic) bond motifs is 1. The number of aliphatic carboxylic acids is 1. The number of hydrogen-bond acceptors (Lipinski definition) is 2. The number of nitrogens with one attached hydrogen (secondary N) is 1. The molecule has 1 amide bonds. The number of amides is 1. The molecule has 2 aliphatic rings. The lowest BCUT2D eigenvalue weighted by atomic mass is 9.89. The van der Waals surface area contributed by atoms with Gasteiger partial charge in [-0.25, -0.2) is 0 Å². The standard InChI is InChI=1S/C13H21NO3/c1-13(2,12(16)17)6-7-14-11(15)10-8-4-3-5-9(8)10/h8-10H,3-7H2,1-2H3,(H,14,15)(H,16,17). The van der Waals surface area contributed by atoms with Crippen LogP contribution in [0.4, 0.5) is 0 Å². The average Bonchev–Trinajstić information content (AvgIpc) is 2.72. The van der Waals surface area contributed by atoms with Gasteiger partial charge in [0.25, 0.3) is 0 Å². The summed E-state index contributed by atoms with van der Waals surface area (Å²) in [4.78, 5) is 22.7. The van der Waals surface area contributed by atoms with E-state index in [0.29, 0.717) is 24.8 Å². The maximum absolute atomic E-state index is 11.8. The molecule has 0 aromatic carbocycles. The van der Waals surface area contributed by atoms with Crippen molar-refractivity contribution in [2.24, 2.45) is 23.2 Å². The molecule has 0 radical (unpaired) electrons. The van der Waals surface area contributed by atoms with E-state index in [-0.39, 0.29) is 11.8 Å². The molecule has 0 heterocycles. The molecule has 0 aromatic rings. The molecule has 0 aromatic heterocycles. The van der Waals surface area contributed by atoms with E-state index in [1.54, 1.807) is 13.8 Å². The van der Waals surface area contributed by atoms with Crippen LogP contribution < -0.4 is 5.32 Å². The largest absolute Gasteiger partial charge is 0.481 e. The van der Waals surface area contributed by atoms with Crippen LogP contribution in [-0.4, -0.2) is 23.5 Å². The van der Waals surface area contributed by atoms with Crippen LogP contribution in [0.3, 0.4) is 0 Å². The summed E-state index contributed by atoms with van der Waals surface area (Å²) in [5.41, 5.74) is -0.757. The van der Waals surface area contributed by atoms with E-state index in [0.717, 1.165) is 0 Å². The van der Waals surface area contributed by atoms with Gasteiger partial charge >= 0.3 is 5.97 Å². The molecular weight excluding hydrogens is 218 g/mol. The molecule has 0 aliphatic heterocycles. The topological polar surface area (TPSA) is 66.4 Å². The van der Waals surface area contributed by atoms with Crippen LogP contribution in [-0.2, 0) is 9.59 Å². The Bertz CT molecular complexity index is 328. The van der Waals surface area contributed by atoms with Crippen molar-refractivity contribution in [2.45, 2.75) is 39.5 Å². The highest BCUT2D eigenvalue weighted by molar-refractivity contribution is 5.82. The first-order valence-electron chi connectivity index (χ1n) is 6.44. The molecule has 2 N–H and O–H groups in total. The molecule has 17 heavy (non-hydrogen) atoms. The van der Waals surface area contributed by atoms with Crippen molar-refractivity contribution in [1.29, 1.82) is 0 Å². The molecular formula is C13H21NO3. The maximum Gasteiger partial charge on any atom is 0.309 e. The molecule has 4 nitrogen and oxygen atoms in total. The van der Waals surface area contributed by atoms with Gasteiger partial charge in [0.05, 0.1) is 5.41 Å². The van der Waals surface area contributed by atoms with Crippen molar-refractivity contribution >= 4 is 11.9 Å². The Labute approximate surface area is 102 Å². The number of carbonyl (C=O) groups excluding carboxylic acids is 1. The summed E-state index contributed by atoms with van der Waals surface area (Å²) in [5.74, 6) is 0.817. The predicted octanol–water partition coefficient (Wildman–Crippen LogP) is 1.65. The maximum atomic E-state index is 11.8. The predicted molar refractivity (Wildman–Crippen MR) is 63.4 cm³/mol. The molecule has 0 spiro atoms. The lowest BCUT2D eigenvalue weighted by Gasteiger charge is -2.19. The zero-order chi connectivity index (χ0) is 12.6. The minimum absolute atomic E-state index is 0.140. The van der Waals surface area contributed by atoms with Gasteiger partial charge in [0, 0.05) is 12.5 Å². The third kappa shape index (κ3) is 2.45. The summed E-state index contributed by atoms with van der Waals surface area (Å²) >= 11 is 0. The van der Waals surface area contributed by atoms with Gasteiger partial charge in [-0.15, -0.1) is 0 Å². The number of hydrogen-bond donors (Lipinski definition) is 2. The van der Waals surface area contributed by atoms with Gasteiger partial charge in [-0.05, 0) is 44.9 Å². The third-order valence-corrected chi connectivity index (χ3v) is 4.34. The van der Waals surface area contributed by atoms with Crippen LogP contribution in [0, 0.1) is 23.2 Å². The fourth-order valence-electron chi connectivity index (χ4n) is 2.93. The summed E-state index contributed by atoms with van der Waals surface area (Å²) in [6.07, 6.45) is 4.15. The molecule has 2 atom stereocenters. The lowest BCUT2D eigenvalue weighted by Crippen LogP contribution is -2.33. The zero-order valence-electron chi connectivity index (χ0n) is 10.5. The molecule has 0 saturated heterocycles. The molecule has 0 bridgehead atoms. The molecule has 2 rings (SSSR count). The first-order valence-corrected chi connectivity index (χ1v) is 6.44. The van der Waals surface area contributed by atoms with Crippen LogP contribution in [0.5, 0.6) is 0 Å². The second-order valence-electron chi connectivity index (χ2n) is 6.01. The van der Waals surface area contributed by atoms with E-state index < -0.39 is 11.4 Å². The van der Waals surface area contributed by atoms with Crippen molar-refractivity contribution in [3.05, 3.63) is 0 Å². The molecule has 4 heteroatoms. The van der Waals surface area contributed by atoms with E-state index in [4.69, 9.17) is 5.11 Å². The zero-order valence-corrected chi connectivity index (χ0v) is 10.5.